The van der Waals surface area contributed by atoms with Crippen molar-refractivity contribution in [3.63, 3.8) is 0 Å². The van der Waals surface area contributed by atoms with Crippen LogP contribution >= 0.6 is 0 Å². The third-order valence-corrected chi connectivity index (χ3v) is 20.1. The average molecular weight is 1220 g/mol. The minimum atomic E-state index is -0.412. The molecule has 12 nitrogen and oxygen atoms in total. The van der Waals surface area contributed by atoms with Crippen LogP contribution < -0.4 is 37.9 Å². The summed E-state index contributed by atoms with van der Waals surface area (Å²) in [5.74, 6) is 0.234. The Labute approximate surface area is 529 Å². The average Bonchev–Trinajstić information content (AvgIpc) is 0.797. The first-order valence-electron chi connectivity index (χ1n) is 35.9. The van der Waals surface area contributed by atoms with E-state index in [4.69, 9.17) is 37.9 Å². The van der Waals surface area contributed by atoms with Crippen LogP contribution in [0.4, 0.5) is 0 Å². The van der Waals surface area contributed by atoms with E-state index in [-0.39, 0.29) is 50.2 Å². The lowest BCUT2D eigenvalue weighted by Crippen LogP contribution is -2.23. The van der Waals surface area contributed by atoms with Gasteiger partial charge in [0.1, 0.15) is 0 Å². The fourth-order valence-electron chi connectivity index (χ4n) is 15.1. The normalized spacial score (nSPS) is 17.6. The van der Waals surface area contributed by atoms with E-state index in [1.165, 1.54) is 154 Å². The molecule has 4 aromatic rings. The zero-order valence-corrected chi connectivity index (χ0v) is 54.8. The monoisotopic (exact) mass is 1220 g/mol. The highest BCUT2D eigenvalue weighted by Crippen LogP contribution is 2.62. The summed E-state index contributed by atoms with van der Waals surface area (Å²) < 4.78 is 52.8. The van der Waals surface area contributed by atoms with Gasteiger partial charge in [-0.25, -0.2) is 0 Å². The molecule has 0 saturated carbocycles. The molecule has 0 fully saturated rings. The van der Waals surface area contributed by atoms with Crippen LogP contribution in [0.5, 0.6) is 69.0 Å². The number of unbranched alkanes of at least 4 members (excludes halogenated alkanes) is 32. The number of phenols is 4. The van der Waals surface area contributed by atoms with E-state index in [9.17, 15) is 20.4 Å². The van der Waals surface area contributed by atoms with Gasteiger partial charge in [0.2, 0.25) is 50.2 Å². The van der Waals surface area contributed by atoms with Gasteiger partial charge in [-0.1, -0.05) is 259 Å². The molecule has 0 radical (unpaired) electrons. The smallest absolute Gasteiger partial charge is 0.231 e. The van der Waals surface area contributed by atoms with E-state index >= 15 is 0 Å². The highest BCUT2D eigenvalue weighted by Gasteiger charge is 2.42. The first-order valence-corrected chi connectivity index (χ1v) is 35.9. The second kappa shape index (κ2) is 35.2. The van der Waals surface area contributed by atoms with E-state index in [1.807, 2.05) is 0 Å². The maximum Gasteiger partial charge on any atom is 0.231 e. The highest BCUT2D eigenvalue weighted by molar-refractivity contribution is 5.72. The fraction of sp³-hybridized carbons (Fsp3) is 0.684. The molecular weight excluding hydrogens is 1100 g/mol. The van der Waals surface area contributed by atoms with Gasteiger partial charge in [-0.15, -0.1) is 0 Å². The van der Waals surface area contributed by atoms with E-state index in [0.717, 1.165) is 122 Å². The Balaban J connectivity index is 1.23. The lowest BCUT2D eigenvalue weighted by Gasteiger charge is -2.36. The molecule has 8 bridgehead atoms. The summed E-state index contributed by atoms with van der Waals surface area (Å²) in [6.45, 7) is 7.85. The Hall–Kier alpha value is -5.52. The minimum absolute atomic E-state index is 0.111. The number of aromatic hydroxyl groups is 4. The van der Waals surface area contributed by atoms with Crippen molar-refractivity contribution in [1.29, 1.82) is 0 Å². The summed E-state index contributed by atoms with van der Waals surface area (Å²) >= 11 is 0. The summed E-state index contributed by atoms with van der Waals surface area (Å²) in [7, 11) is 0. The molecule has 4 aromatic carbocycles. The molecule has 4 heterocycles. The topological polar surface area (TPSA) is 155 Å². The Bertz CT molecular complexity index is 2290. The van der Waals surface area contributed by atoms with Gasteiger partial charge in [0, 0.05) is 68.2 Å². The molecule has 9 rings (SSSR count). The minimum Gasteiger partial charge on any atom is -0.502 e. The fourth-order valence-corrected chi connectivity index (χ4v) is 15.1. The molecule has 0 unspecified atom stereocenters. The third kappa shape index (κ3) is 16.7. The van der Waals surface area contributed by atoms with Crippen molar-refractivity contribution in [3.05, 3.63) is 68.8 Å². The summed E-state index contributed by atoms with van der Waals surface area (Å²) in [4.78, 5) is 0. The molecule has 88 heavy (non-hydrogen) atoms. The highest BCUT2D eigenvalue weighted by atomic mass is 16.7. The predicted octanol–water partition coefficient (Wildman–Crippen LogP) is 21.9. The van der Waals surface area contributed by atoms with Gasteiger partial charge >= 0.3 is 0 Å². The molecule has 0 atom stereocenters. The first kappa shape index (κ1) is 66.9. The van der Waals surface area contributed by atoms with Crippen molar-refractivity contribution < 1.29 is 58.3 Å². The quantitative estimate of drug-likeness (QED) is 0.0313. The molecule has 1 aliphatic carbocycles. The molecular formula is C76H112O12. The second-order valence-corrected chi connectivity index (χ2v) is 26.6. The molecule has 0 aromatic heterocycles. The Morgan fingerprint density at radius 2 is 0.364 bits per heavy atom. The Morgan fingerprint density at radius 1 is 0.227 bits per heavy atom. The van der Waals surface area contributed by atoms with Crippen LogP contribution in [0.2, 0.25) is 0 Å². The van der Waals surface area contributed by atoms with E-state index in [0.29, 0.717) is 71.7 Å². The third-order valence-electron chi connectivity index (χ3n) is 20.1. The van der Waals surface area contributed by atoms with Crippen molar-refractivity contribution in [2.24, 2.45) is 0 Å². The number of benzene rings is 4. The van der Waals surface area contributed by atoms with Gasteiger partial charge in [-0.3, -0.25) is 0 Å². The Kier molecular flexibility index (Phi) is 26.7. The first-order chi connectivity index (χ1) is 43.3. The van der Waals surface area contributed by atoms with Crippen molar-refractivity contribution in [3.8, 4) is 69.0 Å². The SMILES string of the molecule is CCCCCCCCCCCC1c2cc3c4c(O)c2OCOc2c1cc1c(c2O)OCOc2c(cc5c(c2O)OCOc2c(cc(c(c2O)OCO4)C3CCCCCCCCCCC)C5CCCCCCCCCCC)C1CCCCCCCCCCC. The summed E-state index contributed by atoms with van der Waals surface area (Å²) in [5, 5.41) is 51.9. The van der Waals surface area contributed by atoms with Gasteiger partial charge < -0.3 is 58.3 Å². The molecule has 12 heteroatoms. The van der Waals surface area contributed by atoms with Crippen LogP contribution in [-0.2, 0) is 0 Å². The van der Waals surface area contributed by atoms with E-state index in [1.54, 1.807) is 0 Å². The Morgan fingerprint density at radius 3 is 0.511 bits per heavy atom. The maximum atomic E-state index is 13.0. The van der Waals surface area contributed by atoms with Crippen LogP contribution in [0.25, 0.3) is 0 Å². The zero-order chi connectivity index (χ0) is 61.5. The van der Waals surface area contributed by atoms with E-state index < -0.39 is 23.7 Å². The van der Waals surface area contributed by atoms with Gasteiger partial charge in [0.15, 0.2) is 46.0 Å². The molecule has 0 amide bonds. The van der Waals surface area contributed by atoms with Gasteiger partial charge in [-0.2, -0.15) is 0 Å². The maximum absolute atomic E-state index is 13.0. The predicted molar refractivity (Wildman–Crippen MR) is 352 cm³/mol. The molecule has 4 aliphatic heterocycles. The largest absolute Gasteiger partial charge is 0.502 e. The van der Waals surface area contributed by atoms with Crippen LogP contribution in [0.3, 0.4) is 0 Å². The van der Waals surface area contributed by atoms with Crippen molar-refractivity contribution >= 4 is 0 Å². The van der Waals surface area contributed by atoms with Crippen LogP contribution in [0.1, 0.15) is 353 Å². The molecule has 488 valence electrons. The van der Waals surface area contributed by atoms with Crippen LogP contribution in [-0.4, -0.2) is 47.6 Å². The summed E-state index contributed by atoms with van der Waals surface area (Å²) in [5.41, 5.74) is 6.37. The number of rotatable bonds is 40. The molecule has 5 aliphatic rings. The zero-order valence-electron chi connectivity index (χ0n) is 54.8. The van der Waals surface area contributed by atoms with E-state index in [2.05, 4.69) is 52.0 Å². The number of hydrogen-bond acceptors (Lipinski definition) is 12. The second-order valence-electron chi connectivity index (χ2n) is 26.6. The molecule has 0 spiro atoms. The molecule has 4 N–H and O–H groups in total. The van der Waals surface area contributed by atoms with Crippen LogP contribution in [0.15, 0.2) is 24.3 Å². The van der Waals surface area contributed by atoms with Gasteiger partial charge in [-0.05, 0) is 49.9 Å². The summed E-state index contributed by atoms with van der Waals surface area (Å²) in [6, 6.07) is 8.85. The lowest BCUT2D eigenvalue weighted by atomic mass is 9.75. The molecule has 0 saturated heterocycles. The lowest BCUT2D eigenvalue weighted by molar-refractivity contribution is 0.0865. The number of phenolic OH excluding ortho intramolecular Hbond substituents is 4. The van der Waals surface area contributed by atoms with Crippen molar-refractivity contribution in [2.45, 2.75) is 308 Å². The number of ether oxygens (including phenoxy) is 8. The van der Waals surface area contributed by atoms with Crippen LogP contribution in [0, 0.1) is 0 Å². The van der Waals surface area contributed by atoms with Gasteiger partial charge in [0.25, 0.3) is 0 Å². The van der Waals surface area contributed by atoms with Crippen molar-refractivity contribution in [2.75, 3.05) is 27.2 Å². The van der Waals surface area contributed by atoms with Gasteiger partial charge in [0.05, 0.1) is 0 Å². The standard InChI is InChI=1S/C76H112O12/c1-5-9-13-17-21-25-29-33-37-41-53-57-45-59-54(42-38-34-30-26-22-18-14-10-6-2)61-47-63-56(44-40-36-32-28-24-20-16-12-8-4)64-48-62-55(43-39-35-31-27-23-19-15-11-7-3)60-46-58(53)70-66(78)72(60)84-51-86-74(62)68(80)76(64)88-52-87-75(63)67(79)73(61)85-50-83-71(59)65(77)69(57)81-49-82-70/h45-48,53-56,77-80H,5-44,49-52H2,1-4H3. The number of hydrogen-bond donors (Lipinski definition) is 4. The van der Waals surface area contributed by atoms with Crippen molar-refractivity contribution in [1.82, 2.24) is 0 Å². The summed E-state index contributed by atoms with van der Waals surface area (Å²) in [6.07, 6.45) is 44.6.